The van der Waals surface area contributed by atoms with Crippen molar-refractivity contribution in [2.24, 2.45) is 5.41 Å². The van der Waals surface area contributed by atoms with Crippen molar-refractivity contribution in [3.63, 3.8) is 0 Å². The molecule has 0 saturated carbocycles. The molecule has 1 aliphatic rings. The molecule has 1 saturated heterocycles. The van der Waals surface area contributed by atoms with Crippen LogP contribution in [0.2, 0.25) is 0 Å². The number of carbonyl (C=O) groups excluding carboxylic acids is 1. The van der Waals surface area contributed by atoms with Crippen molar-refractivity contribution in [2.75, 3.05) is 18.4 Å². The number of amides is 1. The number of hydrogen-bond donors (Lipinski definition) is 2. The zero-order valence-electron chi connectivity index (χ0n) is 9.82. The fraction of sp³-hybridized carbons (Fsp3) is 0.417. The van der Waals surface area contributed by atoms with Gasteiger partial charge in [-0.15, -0.1) is 0 Å². The standard InChI is InChI=1S/C12H13BrF2N2O/c1-12(2-3-16-6-12)11(18)17-10-5-8(14)7(13)4-9(10)15/h4-5,16H,2-3,6H2,1H3,(H,17,18). The molecular formula is C12H13BrF2N2O. The van der Waals surface area contributed by atoms with E-state index in [1.165, 1.54) is 0 Å². The first-order valence-corrected chi connectivity index (χ1v) is 6.38. The Bertz CT molecular complexity index is 487. The molecule has 1 fully saturated rings. The van der Waals surface area contributed by atoms with Crippen molar-refractivity contribution >= 4 is 27.5 Å². The first-order chi connectivity index (χ1) is 8.42. The average Bonchev–Trinajstić information content (AvgIpc) is 2.74. The van der Waals surface area contributed by atoms with Crippen LogP contribution in [0.3, 0.4) is 0 Å². The highest BCUT2D eigenvalue weighted by Crippen LogP contribution is 2.28. The Morgan fingerprint density at radius 1 is 1.44 bits per heavy atom. The second-order valence-corrected chi connectivity index (χ2v) is 5.54. The van der Waals surface area contributed by atoms with Crippen LogP contribution < -0.4 is 10.6 Å². The van der Waals surface area contributed by atoms with Gasteiger partial charge in [0.05, 0.1) is 15.6 Å². The van der Waals surface area contributed by atoms with Crippen molar-refractivity contribution in [2.45, 2.75) is 13.3 Å². The SMILES string of the molecule is CC1(C(=O)Nc2cc(F)c(Br)cc2F)CCNC1. The Morgan fingerprint density at radius 2 is 2.17 bits per heavy atom. The molecule has 1 aromatic rings. The number of carbonyl (C=O) groups is 1. The molecule has 0 aliphatic carbocycles. The van der Waals surface area contributed by atoms with Gasteiger partial charge in [0.2, 0.25) is 5.91 Å². The second-order valence-electron chi connectivity index (χ2n) is 4.69. The van der Waals surface area contributed by atoms with E-state index >= 15 is 0 Å². The molecule has 18 heavy (non-hydrogen) atoms. The Hall–Kier alpha value is -1.01. The van der Waals surface area contributed by atoms with E-state index in [1.54, 1.807) is 6.92 Å². The normalized spacial score (nSPS) is 23.1. The van der Waals surface area contributed by atoms with Crippen LogP contribution >= 0.6 is 15.9 Å². The molecule has 0 spiro atoms. The number of hydrogen-bond acceptors (Lipinski definition) is 2. The third-order valence-corrected chi connectivity index (χ3v) is 3.78. The van der Waals surface area contributed by atoms with Gasteiger partial charge in [0.1, 0.15) is 11.6 Å². The maximum atomic E-state index is 13.6. The van der Waals surface area contributed by atoms with Crippen LogP contribution in [0.15, 0.2) is 16.6 Å². The van der Waals surface area contributed by atoms with E-state index in [2.05, 4.69) is 26.6 Å². The fourth-order valence-corrected chi connectivity index (χ4v) is 2.22. The zero-order chi connectivity index (χ0) is 13.3. The molecule has 1 amide bonds. The lowest BCUT2D eigenvalue weighted by molar-refractivity contribution is -0.123. The number of halogens is 3. The predicted octanol–water partition coefficient (Wildman–Crippen LogP) is 2.67. The summed E-state index contributed by atoms with van der Waals surface area (Å²) >= 11 is 2.89. The van der Waals surface area contributed by atoms with Crippen LogP contribution in [0.4, 0.5) is 14.5 Å². The van der Waals surface area contributed by atoms with Gasteiger partial charge in [0, 0.05) is 12.6 Å². The van der Waals surface area contributed by atoms with Gasteiger partial charge in [0.15, 0.2) is 0 Å². The lowest BCUT2D eigenvalue weighted by atomic mass is 9.89. The van der Waals surface area contributed by atoms with E-state index < -0.39 is 17.0 Å². The van der Waals surface area contributed by atoms with Crippen LogP contribution in [-0.4, -0.2) is 19.0 Å². The first kappa shape index (κ1) is 13.4. The van der Waals surface area contributed by atoms with Crippen LogP contribution in [0.25, 0.3) is 0 Å². The number of benzene rings is 1. The molecule has 98 valence electrons. The third-order valence-electron chi connectivity index (χ3n) is 3.18. The summed E-state index contributed by atoms with van der Waals surface area (Å²) in [6.07, 6.45) is 0.680. The van der Waals surface area contributed by atoms with Crippen molar-refractivity contribution in [3.8, 4) is 0 Å². The van der Waals surface area contributed by atoms with Crippen molar-refractivity contribution < 1.29 is 13.6 Å². The quantitative estimate of drug-likeness (QED) is 0.823. The van der Waals surface area contributed by atoms with Crippen LogP contribution in [0.1, 0.15) is 13.3 Å². The topological polar surface area (TPSA) is 41.1 Å². The predicted molar refractivity (Wildman–Crippen MR) is 68.3 cm³/mol. The Balaban J connectivity index is 2.19. The van der Waals surface area contributed by atoms with Gasteiger partial charge >= 0.3 is 0 Å². The van der Waals surface area contributed by atoms with Gasteiger partial charge in [-0.3, -0.25) is 4.79 Å². The zero-order valence-corrected chi connectivity index (χ0v) is 11.4. The smallest absolute Gasteiger partial charge is 0.231 e. The highest BCUT2D eigenvalue weighted by molar-refractivity contribution is 9.10. The summed E-state index contributed by atoms with van der Waals surface area (Å²) in [5, 5.41) is 5.52. The molecule has 0 bridgehead atoms. The Labute approximate surface area is 112 Å². The van der Waals surface area contributed by atoms with Crippen molar-refractivity contribution in [1.29, 1.82) is 0 Å². The highest BCUT2D eigenvalue weighted by Gasteiger charge is 2.36. The molecule has 1 aliphatic heterocycles. The minimum Gasteiger partial charge on any atom is -0.323 e. The van der Waals surface area contributed by atoms with Gasteiger partial charge in [-0.25, -0.2) is 8.78 Å². The van der Waals surface area contributed by atoms with E-state index in [0.29, 0.717) is 13.0 Å². The van der Waals surface area contributed by atoms with Crippen LogP contribution in [0, 0.1) is 17.0 Å². The van der Waals surface area contributed by atoms with Crippen LogP contribution in [-0.2, 0) is 4.79 Å². The molecule has 1 unspecified atom stereocenters. The molecule has 6 heteroatoms. The highest BCUT2D eigenvalue weighted by atomic mass is 79.9. The summed E-state index contributed by atoms with van der Waals surface area (Å²) in [7, 11) is 0. The minimum atomic E-state index is -0.661. The summed E-state index contributed by atoms with van der Waals surface area (Å²) < 4.78 is 26.9. The summed E-state index contributed by atoms with van der Waals surface area (Å²) in [6, 6.07) is 1.98. The summed E-state index contributed by atoms with van der Waals surface area (Å²) in [4.78, 5) is 12.0. The maximum absolute atomic E-state index is 13.6. The molecule has 2 N–H and O–H groups in total. The molecule has 1 heterocycles. The molecular weight excluding hydrogens is 306 g/mol. The second kappa shape index (κ2) is 4.93. The largest absolute Gasteiger partial charge is 0.323 e. The lowest BCUT2D eigenvalue weighted by Gasteiger charge is -2.21. The van der Waals surface area contributed by atoms with E-state index in [0.717, 1.165) is 18.7 Å². The molecule has 3 nitrogen and oxygen atoms in total. The molecule has 1 atom stereocenters. The molecule has 0 aromatic heterocycles. The van der Waals surface area contributed by atoms with Crippen molar-refractivity contribution in [1.82, 2.24) is 5.32 Å². The van der Waals surface area contributed by atoms with Crippen LogP contribution in [0.5, 0.6) is 0 Å². The van der Waals surface area contributed by atoms with E-state index in [9.17, 15) is 13.6 Å². The molecule has 2 rings (SSSR count). The fourth-order valence-electron chi connectivity index (χ4n) is 1.90. The van der Waals surface area contributed by atoms with Gasteiger partial charge in [-0.1, -0.05) is 0 Å². The van der Waals surface area contributed by atoms with E-state index in [-0.39, 0.29) is 16.1 Å². The molecule has 1 aromatic carbocycles. The Morgan fingerprint density at radius 3 is 2.78 bits per heavy atom. The number of nitrogens with one attached hydrogen (secondary N) is 2. The summed E-state index contributed by atoms with van der Waals surface area (Å²) in [5.74, 6) is -1.57. The minimum absolute atomic E-state index is 0.0340. The van der Waals surface area contributed by atoms with Gasteiger partial charge < -0.3 is 10.6 Å². The summed E-state index contributed by atoms with van der Waals surface area (Å²) in [6.45, 7) is 3.09. The monoisotopic (exact) mass is 318 g/mol. The number of anilines is 1. The average molecular weight is 319 g/mol. The van der Waals surface area contributed by atoms with Gasteiger partial charge in [-0.05, 0) is 41.9 Å². The summed E-state index contributed by atoms with van der Waals surface area (Å²) in [5.41, 5.74) is -0.704. The molecule has 0 radical (unpaired) electrons. The maximum Gasteiger partial charge on any atom is 0.231 e. The van der Waals surface area contributed by atoms with Gasteiger partial charge in [0.25, 0.3) is 0 Å². The van der Waals surface area contributed by atoms with E-state index in [4.69, 9.17) is 0 Å². The Kier molecular flexibility index (Phi) is 3.68. The first-order valence-electron chi connectivity index (χ1n) is 5.59. The number of rotatable bonds is 2. The lowest BCUT2D eigenvalue weighted by Crippen LogP contribution is -2.35. The van der Waals surface area contributed by atoms with Gasteiger partial charge in [-0.2, -0.15) is 0 Å². The van der Waals surface area contributed by atoms with E-state index in [1.807, 2.05) is 0 Å². The van der Waals surface area contributed by atoms with Crippen molar-refractivity contribution in [3.05, 3.63) is 28.2 Å². The third kappa shape index (κ3) is 2.54.